The molecule has 39 heavy (non-hydrogen) atoms. The van der Waals surface area contributed by atoms with E-state index in [1.165, 1.54) is 36.2 Å². The molecule has 2 aromatic carbocycles. The molecule has 0 spiro atoms. The number of benzene rings is 2. The van der Waals surface area contributed by atoms with Crippen LogP contribution in [0.3, 0.4) is 0 Å². The summed E-state index contributed by atoms with van der Waals surface area (Å²) in [7, 11) is 0. The van der Waals surface area contributed by atoms with Crippen LogP contribution in [0, 0.1) is 12.8 Å². The van der Waals surface area contributed by atoms with Gasteiger partial charge in [0.25, 0.3) is 0 Å². The summed E-state index contributed by atoms with van der Waals surface area (Å²) in [6.07, 6.45) is 1.28. The van der Waals surface area contributed by atoms with Gasteiger partial charge in [0.1, 0.15) is 11.6 Å². The molecule has 2 aromatic heterocycles. The van der Waals surface area contributed by atoms with E-state index in [4.69, 9.17) is 9.97 Å². The van der Waals surface area contributed by atoms with Crippen molar-refractivity contribution in [1.82, 2.24) is 19.9 Å². The van der Waals surface area contributed by atoms with Gasteiger partial charge in [-0.25, -0.2) is 9.97 Å². The number of nitrogens with one attached hydrogen (secondary N) is 1. The van der Waals surface area contributed by atoms with Gasteiger partial charge in [0.15, 0.2) is 0 Å². The molecule has 1 aliphatic carbocycles. The zero-order chi connectivity index (χ0) is 27.4. The molecule has 0 atom stereocenters. The van der Waals surface area contributed by atoms with Gasteiger partial charge in [-0.15, -0.1) is 0 Å². The first-order valence-corrected chi connectivity index (χ1v) is 13.7. The Kier molecular flexibility index (Phi) is 8.12. The van der Waals surface area contributed by atoms with Gasteiger partial charge in [-0.2, -0.15) is 13.2 Å². The maximum Gasteiger partial charge on any atom is 0.418 e. The predicted octanol–water partition coefficient (Wildman–Crippen LogP) is 7.30. The fraction of sp³-hybridized carbons (Fsp3) is 0.387. The van der Waals surface area contributed by atoms with Crippen LogP contribution < -0.4 is 5.32 Å². The molecular weight excluding hydrogens is 499 g/mol. The maximum absolute atomic E-state index is 13.7. The smallest absolute Gasteiger partial charge is 0.369 e. The molecule has 0 bridgehead atoms. The third kappa shape index (κ3) is 6.74. The normalized spacial score (nSPS) is 13.8. The number of alkyl halides is 3. The summed E-state index contributed by atoms with van der Waals surface area (Å²) in [6, 6.07) is 15.8. The number of fused-ring (bicyclic) bond motifs is 1. The second-order valence-electron chi connectivity index (χ2n) is 10.4. The molecule has 5 nitrogen and oxygen atoms in total. The molecule has 1 saturated carbocycles. The van der Waals surface area contributed by atoms with Crippen LogP contribution in [0.25, 0.3) is 22.2 Å². The lowest BCUT2D eigenvalue weighted by Crippen LogP contribution is -2.27. The molecule has 1 fully saturated rings. The molecule has 204 valence electrons. The molecule has 0 radical (unpaired) electrons. The minimum Gasteiger partial charge on any atom is -0.369 e. The van der Waals surface area contributed by atoms with Crippen LogP contribution in [0.4, 0.5) is 19.0 Å². The average Bonchev–Trinajstić information content (AvgIpc) is 3.73. The monoisotopic (exact) mass is 533 g/mol. The molecule has 4 aromatic rings. The standard InChI is InChI=1S/C31H34F3N5/c1-3-17-39(19-22-10-11-22)20-28-37-27-18-24(29-26(31(32,33)34)9-6-15-35-29)12-13-25(27)30(38-28)36-16-14-23-8-5-4-7-21(23)2/h4-9,12-13,15,18,22H,3,10-11,14,16-17,19-20H2,1-2H3,(H,36,37,38). The number of aryl methyl sites for hydroxylation is 1. The van der Waals surface area contributed by atoms with Crippen molar-refractivity contribution < 1.29 is 13.2 Å². The molecule has 0 unspecified atom stereocenters. The van der Waals surface area contributed by atoms with Crippen molar-refractivity contribution in [2.24, 2.45) is 5.92 Å². The summed E-state index contributed by atoms with van der Waals surface area (Å²) in [5, 5.41) is 4.27. The van der Waals surface area contributed by atoms with Gasteiger partial charge in [0, 0.05) is 30.2 Å². The fourth-order valence-electron chi connectivity index (χ4n) is 5.02. The third-order valence-electron chi connectivity index (χ3n) is 7.20. The number of halogens is 3. The van der Waals surface area contributed by atoms with Crippen molar-refractivity contribution in [3.63, 3.8) is 0 Å². The molecule has 0 amide bonds. The fourth-order valence-corrected chi connectivity index (χ4v) is 5.02. The van der Waals surface area contributed by atoms with E-state index in [9.17, 15) is 13.2 Å². The maximum atomic E-state index is 13.7. The van der Waals surface area contributed by atoms with Crippen molar-refractivity contribution >= 4 is 16.7 Å². The van der Waals surface area contributed by atoms with Crippen molar-refractivity contribution in [3.8, 4) is 11.3 Å². The largest absolute Gasteiger partial charge is 0.418 e. The van der Waals surface area contributed by atoms with Crippen LogP contribution in [-0.4, -0.2) is 39.5 Å². The molecule has 8 heteroatoms. The first-order chi connectivity index (χ1) is 18.8. The van der Waals surface area contributed by atoms with Gasteiger partial charge in [0.05, 0.1) is 23.3 Å². The minimum absolute atomic E-state index is 0.0949. The van der Waals surface area contributed by atoms with E-state index < -0.39 is 11.7 Å². The highest BCUT2D eigenvalue weighted by atomic mass is 19.4. The van der Waals surface area contributed by atoms with E-state index in [0.29, 0.717) is 35.8 Å². The molecule has 1 aliphatic rings. The highest BCUT2D eigenvalue weighted by Gasteiger charge is 2.34. The Morgan fingerprint density at radius 1 is 1.03 bits per heavy atom. The second-order valence-corrected chi connectivity index (χ2v) is 10.4. The topological polar surface area (TPSA) is 53.9 Å². The zero-order valence-corrected chi connectivity index (χ0v) is 22.4. The lowest BCUT2D eigenvalue weighted by molar-refractivity contribution is -0.137. The number of aromatic nitrogens is 3. The van der Waals surface area contributed by atoms with E-state index in [-0.39, 0.29) is 5.69 Å². The van der Waals surface area contributed by atoms with Gasteiger partial charge in [0.2, 0.25) is 0 Å². The number of nitrogens with zero attached hydrogens (tertiary/aromatic N) is 4. The van der Waals surface area contributed by atoms with Gasteiger partial charge in [-0.3, -0.25) is 9.88 Å². The summed E-state index contributed by atoms with van der Waals surface area (Å²) in [4.78, 5) is 16.2. The lowest BCUT2D eigenvalue weighted by Gasteiger charge is -2.21. The van der Waals surface area contributed by atoms with Crippen molar-refractivity contribution in [1.29, 1.82) is 0 Å². The second kappa shape index (κ2) is 11.7. The van der Waals surface area contributed by atoms with Crippen LogP contribution in [0.2, 0.25) is 0 Å². The van der Waals surface area contributed by atoms with Gasteiger partial charge < -0.3 is 5.32 Å². The van der Waals surface area contributed by atoms with Crippen LogP contribution in [-0.2, 0) is 19.1 Å². The summed E-state index contributed by atoms with van der Waals surface area (Å²) in [5.74, 6) is 2.11. The van der Waals surface area contributed by atoms with Gasteiger partial charge in [-0.1, -0.05) is 37.3 Å². The number of hydrogen-bond acceptors (Lipinski definition) is 5. The van der Waals surface area contributed by atoms with E-state index in [0.717, 1.165) is 43.3 Å². The first-order valence-electron chi connectivity index (χ1n) is 13.7. The minimum atomic E-state index is -4.50. The Bertz CT molecular complexity index is 1430. The highest BCUT2D eigenvalue weighted by molar-refractivity contribution is 5.92. The van der Waals surface area contributed by atoms with E-state index >= 15 is 0 Å². The molecule has 5 rings (SSSR count). The third-order valence-corrected chi connectivity index (χ3v) is 7.20. The number of rotatable bonds is 11. The molecular formula is C31H34F3N5. The summed E-state index contributed by atoms with van der Waals surface area (Å²) >= 11 is 0. The first kappa shape index (κ1) is 27.1. The molecule has 2 heterocycles. The summed E-state index contributed by atoms with van der Waals surface area (Å²) in [5.41, 5.74) is 2.64. The molecule has 0 saturated heterocycles. The lowest BCUT2D eigenvalue weighted by atomic mass is 10.0. The molecule has 0 aliphatic heterocycles. The van der Waals surface area contributed by atoms with Crippen molar-refractivity contribution in [2.75, 3.05) is 25.0 Å². The summed E-state index contributed by atoms with van der Waals surface area (Å²) in [6.45, 7) is 7.53. The van der Waals surface area contributed by atoms with Crippen molar-refractivity contribution in [2.45, 2.75) is 52.3 Å². The molecule has 1 N–H and O–H groups in total. The van der Waals surface area contributed by atoms with E-state index in [2.05, 4.69) is 41.2 Å². The predicted molar refractivity (Wildman–Crippen MR) is 149 cm³/mol. The number of anilines is 1. The highest BCUT2D eigenvalue weighted by Crippen LogP contribution is 2.37. The Labute approximate surface area is 227 Å². The Balaban J connectivity index is 1.50. The van der Waals surface area contributed by atoms with Crippen molar-refractivity contribution in [3.05, 3.63) is 83.3 Å². The average molecular weight is 534 g/mol. The van der Waals surface area contributed by atoms with E-state index in [1.54, 1.807) is 18.2 Å². The van der Waals surface area contributed by atoms with Gasteiger partial charge in [-0.05, 0) is 80.5 Å². The van der Waals surface area contributed by atoms with Crippen LogP contribution in [0.15, 0.2) is 60.8 Å². The number of hydrogen-bond donors (Lipinski definition) is 1. The van der Waals surface area contributed by atoms with Crippen LogP contribution in [0.5, 0.6) is 0 Å². The SMILES string of the molecule is CCCN(Cc1nc(NCCc2ccccc2C)c2ccc(-c3ncccc3C(F)(F)F)cc2n1)CC1CC1. The van der Waals surface area contributed by atoms with Crippen LogP contribution >= 0.6 is 0 Å². The van der Waals surface area contributed by atoms with Crippen LogP contribution in [0.1, 0.15) is 48.7 Å². The Morgan fingerprint density at radius 2 is 1.85 bits per heavy atom. The Hall–Kier alpha value is -3.52. The zero-order valence-electron chi connectivity index (χ0n) is 22.4. The quantitative estimate of drug-likeness (QED) is 0.219. The van der Waals surface area contributed by atoms with Gasteiger partial charge >= 0.3 is 6.18 Å². The Morgan fingerprint density at radius 3 is 2.59 bits per heavy atom. The van der Waals surface area contributed by atoms with E-state index in [1.807, 2.05) is 12.1 Å². The summed E-state index contributed by atoms with van der Waals surface area (Å²) < 4.78 is 41.2. The number of pyridine rings is 1.